The maximum Gasteiger partial charge on any atom is 0.330 e. The second kappa shape index (κ2) is 8.48. The first-order valence-corrected chi connectivity index (χ1v) is 6.90. The molecule has 4 N–H and O–H groups in total. The molecule has 21 heavy (non-hydrogen) atoms. The second-order valence-corrected chi connectivity index (χ2v) is 5.06. The number of ether oxygens (including phenoxy) is 2. The monoisotopic (exact) mass is 300 g/mol. The van der Waals surface area contributed by atoms with Gasteiger partial charge in [-0.3, -0.25) is 14.3 Å². The Labute approximate surface area is 123 Å². The fourth-order valence-electron chi connectivity index (χ4n) is 1.80. The Balaban J connectivity index is 2.73. The summed E-state index contributed by atoms with van der Waals surface area (Å²) in [5, 5.41) is 2.90. The van der Waals surface area contributed by atoms with Gasteiger partial charge in [-0.05, 0) is 5.92 Å². The molecule has 8 heteroatoms. The molecule has 0 amide bonds. The van der Waals surface area contributed by atoms with Crippen LogP contribution in [0, 0.1) is 5.92 Å². The first-order valence-electron chi connectivity index (χ1n) is 6.90. The Morgan fingerprint density at radius 3 is 2.62 bits per heavy atom. The van der Waals surface area contributed by atoms with Crippen molar-refractivity contribution in [1.82, 2.24) is 9.55 Å². The van der Waals surface area contributed by atoms with Gasteiger partial charge in [0.05, 0.1) is 19.8 Å². The Morgan fingerprint density at radius 1 is 1.29 bits per heavy atom. The van der Waals surface area contributed by atoms with Crippen LogP contribution < -0.4 is 22.3 Å². The van der Waals surface area contributed by atoms with Crippen LogP contribution in [0.25, 0.3) is 0 Å². The number of H-pyrrole nitrogens is 1. The van der Waals surface area contributed by atoms with E-state index in [9.17, 15) is 9.59 Å². The molecular weight excluding hydrogens is 276 g/mol. The molecule has 0 atom stereocenters. The van der Waals surface area contributed by atoms with E-state index in [1.165, 1.54) is 4.57 Å². The molecule has 0 aliphatic rings. The Morgan fingerprint density at radius 2 is 2.00 bits per heavy atom. The van der Waals surface area contributed by atoms with Crippen molar-refractivity contribution in [2.75, 3.05) is 44.5 Å². The number of nitrogens with zero attached hydrogens (tertiary/aromatic N) is 1. The molecule has 1 aromatic heterocycles. The van der Waals surface area contributed by atoms with Crippen LogP contribution >= 0.6 is 0 Å². The largest absolute Gasteiger partial charge is 0.383 e. The van der Waals surface area contributed by atoms with Crippen LogP contribution in [0.1, 0.15) is 13.8 Å². The van der Waals surface area contributed by atoms with Gasteiger partial charge in [-0.15, -0.1) is 0 Å². The highest BCUT2D eigenvalue weighted by Crippen LogP contribution is 2.11. The predicted octanol–water partition coefficient (Wildman–Crippen LogP) is -0.150. The van der Waals surface area contributed by atoms with E-state index < -0.39 is 11.2 Å². The molecule has 1 heterocycles. The number of methoxy groups -OCH3 is 1. The summed E-state index contributed by atoms with van der Waals surface area (Å²) < 4.78 is 11.5. The van der Waals surface area contributed by atoms with Gasteiger partial charge in [0.2, 0.25) is 0 Å². The molecule has 0 fully saturated rings. The lowest BCUT2D eigenvalue weighted by atomic mass is 10.2. The van der Waals surface area contributed by atoms with Gasteiger partial charge in [0, 0.05) is 20.2 Å². The van der Waals surface area contributed by atoms with Gasteiger partial charge in [0.25, 0.3) is 5.56 Å². The van der Waals surface area contributed by atoms with Gasteiger partial charge in [-0.2, -0.15) is 0 Å². The van der Waals surface area contributed by atoms with Gasteiger partial charge < -0.3 is 20.5 Å². The highest BCUT2D eigenvalue weighted by Gasteiger charge is 2.12. The maximum atomic E-state index is 11.8. The molecular formula is C13H24N4O4. The third kappa shape index (κ3) is 5.24. The zero-order chi connectivity index (χ0) is 15.8. The average molecular weight is 300 g/mol. The molecule has 0 aromatic carbocycles. The fourth-order valence-corrected chi connectivity index (χ4v) is 1.80. The van der Waals surface area contributed by atoms with Crippen LogP contribution in [-0.4, -0.2) is 43.0 Å². The number of hydrogen-bond acceptors (Lipinski definition) is 6. The number of hydrogen-bond donors (Lipinski definition) is 3. The molecule has 120 valence electrons. The van der Waals surface area contributed by atoms with E-state index in [1.807, 2.05) is 13.8 Å². The first kappa shape index (κ1) is 17.3. The molecule has 0 spiro atoms. The van der Waals surface area contributed by atoms with Crippen LogP contribution in [0.5, 0.6) is 0 Å². The van der Waals surface area contributed by atoms with Crippen molar-refractivity contribution in [2.24, 2.45) is 5.92 Å². The topological polar surface area (TPSA) is 111 Å². The summed E-state index contributed by atoms with van der Waals surface area (Å²) in [6, 6.07) is 0. The lowest BCUT2D eigenvalue weighted by molar-refractivity contribution is 0.0759. The molecule has 0 unspecified atom stereocenters. The molecule has 8 nitrogen and oxygen atoms in total. The summed E-state index contributed by atoms with van der Waals surface area (Å²) in [6.07, 6.45) is 0. The summed E-state index contributed by atoms with van der Waals surface area (Å²) in [5.74, 6) is 0.385. The van der Waals surface area contributed by atoms with E-state index in [4.69, 9.17) is 15.2 Å². The van der Waals surface area contributed by atoms with Crippen LogP contribution in [0.4, 0.5) is 11.5 Å². The first-order chi connectivity index (χ1) is 9.97. The fraction of sp³-hybridized carbons (Fsp3) is 0.692. The van der Waals surface area contributed by atoms with E-state index in [-0.39, 0.29) is 17.4 Å². The summed E-state index contributed by atoms with van der Waals surface area (Å²) in [6.45, 7) is 6.20. The van der Waals surface area contributed by atoms with Crippen molar-refractivity contribution in [3.63, 3.8) is 0 Å². The van der Waals surface area contributed by atoms with E-state index in [0.717, 1.165) is 0 Å². The van der Waals surface area contributed by atoms with Gasteiger partial charge in [-0.1, -0.05) is 13.8 Å². The molecule has 0 radical (unpaired) electrons. The zero-order valence-electron chi connectivity index (χ0n) is 12.8. The number of nitrogen functional groups attached to an aromatic ring is 1. The Kier molecular flexibility index (Phi) is 6.97. The maximum absolute atomic E-state index is 11.8. The van der Waals surface area contributed by atoms with Crippen molar-refractivity contribution in [2.45, 2.75) is 20.4 Å². The standard InChI is InChI=1S/C13H24N4O4/c1-9(2)8-17-11(14)10(12(18)16-13(17)19)15-4-5-21-7-6-20-3/h9,15H,4-8,14H2,1-3H3,(H,16,18,19). The zero-order valence-corrected chi connectivity index (χ0v) is 12.8. The van der Waals surface area contributed by atoms with Gasteiger partial charge in [0.1, 0.15) is 11.5 Å². The van der Waals surface area contributed by atoms with Gasteiger partial charge >= 0.3 is 5.69 Å². The minimum absolute atomic E-state index is 0.148. The second-order valence-electron chi connectivity index (χ2n) is 5.06. The number of nitrogens with two attached hydrogens (primary N) is 1. The number of aromatic amines is 1. The number of aromatic nitrogens is 2. The number of anilines is 2. The van der Waals surface area contributed by atoms with Crippen LogP contribution in [0.3, 0.4) is 0 Å². The normalized spacial score (nSPS) is 11.0. The Bertz CT molecular complexity index is 550. The third-order valence-electron chi connectivity index (χ3n) is 2.77. The lowest BCUT2D eigenvalue weighted by Gasteiger charge is -2.15. The van der Waals surface area contributed by atoms with E-state index in [2.05, 4.69) is 10.3 Å². The molecule has 0 saturated heterocycles. The molecule has 1 aromatic rings. The summed E-state index contributed by atoms with van der Waals surface area (Å²) in [5.41, 5.74) is 5.10. The van der Waals surface area contributed by atoms with E-state index >= 15 is 0 Å². The van der Waals surface area contributed by atoms with Crippen molar-refractivity contribution >= 4 is 11.5 Å². The summed E-state index contributed by atoms with van der Waals surface area (Å²) >= 11 is 0. The number of nitrogens with one attached hydrogen (secondary N) is 2. The minimum atomic E-state index is -0.519. The van der Waals surface area contributed by atoms with Crippen LogP contribution in [0.2, 0.25) is 0 Å². The van der Waals surface area contributed by atoms with Gasteiger partial charge in [0.15, 0.2) is 0 Å². The highest BCUT2D eigenvalue weighted by atomic mass is 16.5. The van der Waals surface area contributed by atoms with E-state index in [0.29, 0.717) is 32.9 Å². The molecule has 0 bridgehead atoms. The average Bonchev–Trinajstić information content (AvgIpc) is 2.41. The molecule has 1 rings (SSSR count). The van der Waals surface area contributed by atoms with Crippen molar-refractivity contribution in [1.29, 1.82) is 0 Å². The summed E-state index contributed by atoms with van der Waals surface area (Å²) in [4.78, 5) is 25.8. The molecule has 0 saturated carbocycles. The highest BCUT2D eigenvalue weighted by molar-refractivity contribution is 5.60. The van der Waals surface area contributed by atoms with Gasteiger partial charge in [-0.25, -0.2) is 4.79 Å². The van der Waals surface area contributed by atoms with E-state index in [1.54, 1.807) is 7.11 Å². The third-order valence-corrected chi connectivity index (χ3v) is 2.77. The number of rotatable bonds is 9. The van der Waals surface area contributed by atoms with Crippen LogP contribution in [-0.2, 0) is 16.0 Å². The van der Waals surface area contributed by atoms with Crippen molar-refractivity contribution in [3.8, 4) is 0 Å². The predicted molar refractivity (Wildman–Crippen MR) is 81.8 cm³/mol. The van der Waals surface area contributed by atoms with Crippen molar-refractivity contribution < 1.29 is 9.47 Å². The smallest absolute Gasteiger partial charge is 0.330 e. The molecule has 0 aliphatic heterocycles. The quantitative estimate of drug-likeness (QED) is 0.547. The molecule has 0 aliphatic carbocycles. The van der Waals surface area contributed by atoms with Crippen molar-refractivity contribution in [3.05, 3.63) is 20.8 Å². The Hall–Kier alpha value is -1.80. The lowest BCUT2D eigenvalue weighted by Crippen LogP contribution is -2.35. The van der Waals surface area contributed by atoms with Crippen LogP contribution in [0.15, 0.2) is 9.59 Å². The SMILES string of the molecule is COCCOCCNc1c(N)n(CC(C)C)c(=O)[nH]c1=O. The minimum Gasteiger partial charge on any atom is -0.383 e. The summed E-state index contributed by atoms with van der Waals surface area (Å²) in [7, 11) is 1.60.